The van der Waals surface area contributed by atoms with E-state index in [1.54, 1.807) is 11.8 Å². The molecule has 1 atom stereocenters. The van der Waals surface area contributed by atoms with Gasteiger partial charge in [-0.15, -0.1) is 5.10 Å². The Morgan fingerprint density at radius 2 is 2.25 bits per heavy atom. The molecule has 7 heteroatoms. The molecule has 2 rings (SSSR count). The van der Waals surface area contributed by atoms with E-state index in [-0.39, 0.29) is 6.04 Å². The number of hydrogen-bond donors (Lipinski definition) is 1. The summed E-state index contributed by atoms with van der Waals surface area (Å²) in [6.45, 7) is 2.95. The number of hydrogen-bond acceptors (Lipinski definition) is 5. The van der Waals surface area contributed by atoms with Gasteiger partial charge >= 0.3 is 0 Å². The van der Waals surface area contributed by atoms with Crippen molar-refractivity contribution in [3.63, 3.8) is 0 Å². The number of nitrogens with one attached hydrogen (secondary N) is 1. The van der Waals surface area contributed by atoms with E-state index in [9.17, 15) is 0 Å². The molecule has 2 aromatic heterocycles. The van der Waals surface area contributed by atoms with Gasteiger partial charge in [0.05, 0.1) is 18.8 Å². The van der Waals surface area contributed by atoms with Crippen LogP contribution in [0.15, 0.2) is 22.9 Å². The molecule has 20 heavy (non-hydrogen) atoms. The molecule has 2 aromatic rings. The first-order chi connectivity index (χ1) is 9.65. The van der Waals surface area contributed by atoms with Crippen LogP contribution in [0.4, 0.5) is 0 Å². The highest BCUT2D eigenvalue weighted by Gasteiger charge is 2.19. The maximum absolute atomic E-state index is 5.07. The van der Waals surface area contributed by atoms with E-state index < -0.39 is 0 Å². The monoisotopic (exact) mass is 339 g/mol. The normalized spacial score (nSPS) is 12.4. The van der Waals surface area contributed by atoms with Crippen molar-refractivity contribution in [1.29, 1.82) is 0 Å². The Balaban J connectivity index is 2.20. The highest BCUT2D eigenvalue weighted by Crippen LogP contribution is 2.24. The fourth-order valence-corrected chi connectivity index (χ4v) is 2.71. The molecular weight excluding hydrogens is 322 g/mol. The molecule has 0 radical (unpaired) electrons. The van der Waals surface area contributed by atoms with Crippen molar-refractivity contribution in [2.24, 2.45) is 7.05 Å². The third-order valence-electron chi connectivity index (χ3n) is 3.05. The largest absolute Gasteiger partial charge is 0.481 e. The van der Waals surface area contributed by atoms with Crippen LogP contribution in [0, 0.1) is 0 Å². The number of halogens is 1. The minimum atomic E-state index is 0.129. The molecule has 108 valence electrons. The van der Waals surface area contributed by atoms with Crippen molar-refractivity contribution in [2.75, 3.05) is 13.7 Å². The van der Waals surface area contributed by atoms with Crippen LogP contribution in [0.2, 0.25) is 0 Å². The molecule has 0 aromatic carbocycles. The van der Waals surface area contributed by atoms with Crippen LogP contribution in [0.5, 0.6) is 5.88 Å². The Morgan fingerprint density at radius 3 is 2.75 bits per heavy atom. The number of nitrogens with zero attached hydrogens (tertiary/aromatic N) is 4. The molecule has 0 aliphatic rings. The summed E-state index contributed by atoms with van der Waals surface area (Å²) in [7, 11) is 3.51. The van der Waals surface area contributed by atoms with E-state index in [1.807, 2.05) is 25.4 Å². The van der Waals surface area contributed by atoms with Gasteiger partial charge in [0, 0.05) is 19.3 Å². The molecule has 0 spiro atoms. The van der Waals surface area contributed by atoms with E-state index >= 15 is 0 Å². The molecule has 0 fully saturated rings. The minimum Gasteiger partial charge on any atom is -0.481 e. The van der Waals surface area contributed by atoms with Gasteiger partial charge in [0.1, 0.15) is 0 Å². The summed E-state index contributed by atoms with van der Waals surface area (Å²) < 4.78 is 7.63. The van der Waals surface area contributed by atoms with E-state index in [4.69, 9.17) is 4.74 Å². The molecule has 0 bridgehead atoms. The van der Waals surface area contributed by atoms with Gasteiger partial charge in [-0.3, -0.25) is 0 Å². The number of aromatic nitrogens is 4. The second kappa shape index (κ2) is 6.81. The number of ether oxygens (including phenoxy) is 1. The van der Waals surface area contributed by atoms with Gasteiger partial charge in [0.25, 0.3) is 0 Å². The molecular formula is C13H18BrN5O. The predicted octanol–water partition coefficient (Wildman–Crippen LogP) is 1.87. The second-order valence-corrected chi connectivity index (χ2v) is 5.16. The van der Waals surface area contributed by atoms with E-state index in [0.29, 0.717) is 5.88 Å². The molecule has 1 unspecified atom stereocenters. The Kier molecular flexibility index (Phi) is 5.08. The van der Waals surface area contributed by atoms with Gasteiger partial charge in [-0.05, 0) is 34.5 Å². The summed E-state index contributed by atoms with van der Waals surface area (Å²) in [5, 5.41) is 11.5. The van der Waals surface area contributed by atoms with Crippen molar-refractivity contribution in [3.05, 3.63) is 34.2 Å². The fraction of sp³-hybridized carbons (Fsp3) is 0.462. The van der Waals surface area contributed by atoms with Gasteiger partial charge in [-0.1, -0.05) is 18.2 Å². The summed E-state index contributed by atoms with van der Waals surface area (Å²) in [6, 6.07) is 4.02. The quantitative estimate of drug-likeness (QED) is 0.870. The molecule has 2 heterocycles. The van der Waals surface area contributed by atoms with Gasteiger partial charge < -0.3 is 10.1 Å². The SMILES string of the molecule is CCNC(Cc1ccc(OC)nc1)c1c(Br)nnn1C. The van der Waals surface area contributed by atoms with E-state index in [2.05, 4.69) is 43.5 Å². The minimum absolute atomic E-state index is 0.129. The standard InChI is InChI=1S/C13H18BrN5O/c1-4-15-10(12-13(14)17-18-19(12)2)7-9-5-6-11(20-3)16-8-9/h5-6,8,10,15H,4,7H2,1-3H3. The third kappa shape index (κ3) is 3.34. The number of rotatable bonds is 6. The van der Waals surface area contributed by atoms with Crippen molar-refractivity contribution >= 4 is 15.9 Å². The maximum atomic E-state index is 5.07. The second-order valence-electron chi connectivity index (χ2n) is 4.41. The zero-order chi connectivity index (χ0) is 14.5. The van der Waals surface area contributed by atoms with Crippen LogP contribution in [0.3, 0.4) is 0 Å². The van der Waals surface area contributed by atoms with E-state index in [1.165, 1.54) is 0 Å². The van der Waals surface area contributed by atoms with Crippen LogP contribution < -0.4 is 10.1 Å². The van der Waals surface area contributed by atoms with Crippen molar-refractivity contribution in [3.8, 4) is 5.88 Å². The summed E-state index contributed by atoms with van der Waals surface area (Å²) in [4.78, 5) is 4.24. The average molecular weight is 340 g/mol. The highest BCUT2D eigenvalue weighted by molar-refractivity contribution is 9.10. The molecule has 0 aliphatic carbocycles. The van der Waals surface area contributed by atoms with Crippen LogP contribution in [0.25, 0.3) is 0 Å². The zero-order valence-corrected chi connectivity index (χ0v) is 13.4. The fourth-order valence-electron chi connectivity index (χ4n) is 2.11. The van der Waals surface area contributed by atoms with Crippen LogP contribution in [-0.4, -0.2) is 33.6 Å². The van der Waals surface area contributed by atoms with Crippen molar-refractivity contribution in [2.45, 2.75) is 19.4 Å². The molecule has 6 nitrogen and oxygen atoms in total. The lowest BCUT2D eigenvalue weighted by Gasteiger charge is -2.18. The Morgan fingerprint density at radius 1 is 1.45 bits per heavy atom. The van der Waals surface area contributed by atoms with Crippen LogP contribution in [0.1, 0.15) is 24.2 Å². The lowest BCUT2D eigenvalue weighted by Crippen LogP contribution is -2.25. The van der Waals surface area contributed by atoms with Crippen LogP contribution in [-0.2, 0) is 13.5 Å². The summed E-state index contributed by atoms with van der Waals surface area (Å²) in [5.74, 6) is 0.622. The molecule has 0 amide bonds. The third-order valence-corrected chi connectivity index (χ3v) is 3.62. The van der Waals surface area contributed by atoms with Crippen LogP contribution >= 0.6 is 15.9 Å². The molecule has 0 saturated heterocycles. The van der Waals surface area contributed by atoms with Crippen molar-refractivity contribution < 1.29 is 4.74 Å². The number of aryl methyl sites for hydroxylation is 1. The molecule has 1 N–H and O–H groups in total. The molecule has 0 saturated carbocycles. The summed E-state index contributed by atoms with van der Waals surface area (Å²) in [5.41, 5.74) is 2.16. The summed E-state index contributed by atoms with van der Waals surface area (Å²) >= 11 is 3.45. The first-order valence-corrected chi connectivity index (χ1v) is 7.22. The maximum Gasteiger partial charge on any atom is 0.212 e. The number of likely N-dealkylation sites (N-methyl/N-ethyl adjacent to an activating group) is 1. The van der Waals surface area contributed by atoms with Crippen molar-refractivity contribution in [1.82, 2.24) is 25.3 Å². The molecule has 0 aliphatic heterocycles. The Labute approximate surface area is 126 Å². The smallest absolute Gasteiger partial charge is 0.212 e. The topological polar surface area (TPSA) is 64.9 Å². The van der Waals surface area contributed by atoms with Gasteiger partial charge in [-0.25, -0.2) is 9.67 Å². The zero-order valence-electron chi connectivity index (χ0n) is 11.8. The highest BCUT2D eigenvalue weighted by atomic mass is 79.9. The lowest BCUT2D eigenvalue weighted by atomic mass is 10.1. The lowest BCUT2D eigenvalue weighted by molar-refractivity contribution is 0.397. The van der Waals surface area contributed by atoms with Gasteiger partial charge in [0.2, 0.25) is 5.88 Å². The van der Waals surface area contributed by atoms with E-state index in [0.717, 1.165) is 28.8 Å². The van der Waals surface area contributed by atoms with Gasteiger partial charge in [-0.2, -0.15) is 0 Å². The number of pyridine rings is 1. The average Bonchev–Trinajstić information content (AvgIpc) is 2.78. The summed E-state index contributed by atoms with van der Waals surface area (Å²) in [6.07, 6.45) is 2.64. The first kappa shape index (κ1) is 14.9. The first-order valence-electron chi connectivity index (χ1n) is 6.43. The Hall–Kier alpha value is -1.47. The van der Waals surface area contributed by atoms with Gasteiger partial charge in [0.15, 0.2) is 4.60 Å². The number of methoxy groups -OCH3 is 1. The Bertz CT molecular complexity index is 535. The predicted molar refractivity (Wildman–Crippen MR) is 79.6 cm³/mol.